The molecular weight excluding hydrogens is 198 g/mol. The molecule has 0 saturated heterocycles. The molecule has 14 heavy (non-hydrogen) atoms. The first-order valence-electron chi connectivity index (χ1n) is 4.67. The molecule has 2 rings (SSSR count). The van der Waals surface area contributed by atoms with E-state index >= 15 is 0 Å². The zero-order valence-corrected chi connectivity index (χ0v) is 8.55. The molecule has 3 heteroatoms. The molecule has 1 amide bonds. The third kappa shape index (κ3) is 1.75. The van der Waals surface area contributed by atoms with Gasteiger partial charge in [0.15, 0.2) is 0 Å². The van der Waals surface area contributed by atoms with E-state index in [1.807, 2.05) is 24.3 Å². The van der Waals surface area contributed by atoms with Crippen LogP contribution < -0.4 is 5.73 Å². The van der Waals surface area contributed by atoms with Crippen LogP contribution in [0.15, 0.2) is 24.3 Å². The Labute approximate surface area is 88.1 Å². The van der Waals surface area contributed by atoms with Gasteiger partial charge in [0, 0.05) is 5.02 Å². The summed E-state index contributed by atoms with van der Waals surface area (Å²) < 4.78 is 0. The second-order valence-corrected chi connectivity index (χ2v) is 4.38. The summed E-state index contributed by atoms with van der Waals surface area (Å²) in [5.74, 6) is -0.174. The SMILES string of the molecule is NC(=O)C1(Cc2ccc(Cl)cc2)CC1. The quantitative estimate of drug-likeness (QED) is 0.815. The minimum atomic E-state index is -0.256. The fourth-order valence-electron chi connectivity index (χ4n) is 1.65. The average Bonchev–Trinajstić information content (AvgIpc) is 2.90. The summed E-state index contributed by atoms with van der Waals surface area (Å²) in [6.45, 7) is 0. The Morgan fingerprint density at radius 3 is 2.36 bits per heavy atom. The summed E-state index contributed by atoms with van der Waals surface area (Å²) in [4.78, 5) is 11.2. The number of benzene rings is 1. The zero-order chi connectivity index (χ0) is 10.2. The third-order valence-corrected chi connectivity index (χ3v) is 3.08. The lowest BCUT2D eigenvalue weighted by molar-refractivity contribution is -0.123. The van der Waals surface area contributed by atoms with Gasteiger partial charge in [-0.2, -0.15) is 0 Å². The number of hydrogen-bond donors (Lipinski definition) is 1. The first-order valence-corrected chi connectivity index (χ1v) is 5.05. The van der Waals surface area contributed by atoms with Gasteiger partial charge in [-0.05, 0) is 37.0 Å². The second-order valence-electron chi connectivity index (χ2n) is 3.95. The number of nitrogens with two attached hydrogens (primary N) is 1. The number of primary amides is 1. The van der Waals surface area contributed by atoms with Crippen LogP contribution >= 0.6 is 11.6 Å². The van der Waals surface area contributed by atoms with Gasteiger partial charge in [-0.15, -0.1) is 0 Å². The number of amides is 1. The van der Waals surface area contributed by atoms with Crippen molar-refractivity contribution in [2.45, 2.75) is 19.3 Å². The molecule has 2 nitrogen and oxygen atoms in total. The predicted molar refractivity (Wildman–Crippen MR) is 56.0 cm³/mol. The first-order chi connectivity index (χ1) is 6.62. The molecule has 0 aliphatic heterocycles. The van der Waals surface area contributed by atoms with Crippen LogP contribution in [0.5, 0.6) is 0 Å². The molecule has 1 aliphatic rings. The molecule has 1 aliphatic carbocycles. The monoisotopic (exact) mass is 209 g/mol. The number of rotatable bonds is 3. The van der Waals surface area contributed by atoms with Gasteiger partial charge in [-0.3, -0.25) is 4.79 Å². The van der Waals surface area contributed by atoms with E-state index in [1.165, 1.54) is 0 Å². The molecular formula is C11H12ClNO. The second kappa shape index (κ2) is 3.28. The lowest BCUT2D eigenvalue weighted by Crippen LogP contribution is -2.26. The number of carbonyl (C=O) groups is 1. The third-order valence-electron chi connectivity index (χ3n) is 2.83. The highest BCUT2D eigenvalue weighted by Crippen LogP contribution is 2.48. The highest BCUT2D eigenvalue weighted by atomic mass is 35.5. The number of hydrogen-bond acceptors (Lipinski definition) is 1. The Bertz CT molecular complexity index is 354. The molecule has 2 N–H and O–H groups in total. The molecule has 0 heterocycles. The smallest absolute Gasteiger partial charge is 0.223 e. The maximum Gasteiger partial charge on any atom is 0.223 e. The van der Waals surface area contributed by atoms with Crippen LogP contribution in [0, 0.1) is 5.41 Å². The standard InChI is InChI=1S/C11H12ClNO/c12-9-3-1-8(2-4-9)7-11(5-6-11)10(13)14/h1-4H,5-7H2,(H2,13,14). The first kappa shape index (κ1) is 9.53. The van der Waals surface area contributed by atoms with E-state index in [-0.39, 0.29) is 11.3 Å². The fraction of sp³-hybridized carbons (Fsp3) is 0.364. The van der Waals surface area contributed by atoms with Crippen molar-refractivity contribution in [2.24, 2.45) is 11.1 Å². The van der Waals surface area contributed by atoms with Crippen LogP contribution in [0.4, 0.5) is 0 Å². The minimum Gasteiger partial charge on any atom is -0.369 e. The van der Waals surface area contributed by atoms with Crippen molar-refractivity contribution in [3.05, 3.63) is 34.9 Å². The molecule has 0 bridgehead atoms. The Balaban J connectivity index is 2.11. The van der Waals surface area contributed by atoms with Gasteiger partial charge < -0.3 is 5.73 Å². The van der Waals surface area contributed by atoms with Crippen molar-refractivity contribution in [3.63, 3.8) is 0 Å². The lowest BCUT2D eigenvalue weighted by Gasteiger charge is -2.10. The molecule has 1 aromatic carbocycles. The van der Waals surface area contributed by atoms with Crippen molar-refractivity contribution < 1.29 is 4.79 Å². The van der Waals surface area contributed by atoms with Gasteiger partial charge in [-0.25, -0.2) is 0 Å². The van der Waals surface area contributed by atoms with Gasteiger partial charge in [0.05, 0.1) is 5.41 Å². The summed E-state index contributed by atoms with van der Waals surface area (Å²) in [6, 6.07) is 7.58. The predicted octanol–water partition coefficient (Wildman–Crippen LogP) is 2.15. The largest absolute Gasteiger partial charge is 0.369 e. The number of carbonyl (C=O) groups excluding carboxylic acids is 1. The number of halogens is 1. The van der Waals surface area contributed by atoms with Crippen molar-refractivity contribution in [2.75, 3.05) is 0 Å². The maximum atomic E-state index is 11.2. The molecule has 1 aromatic rings. The Kier molecular flexibility index (Phi) is 2.23. The summed E-state index contributed by atoms with van der Waals surface area (Å²) in [5, 5.41) is 0.720. The Hall–Kier alpha value is -1.02. The van der Waals surface area contributed by atoms with E-state index in [2.05, 4.69) is 0 Å². The minimum absolute atomic E-state index is 0.174. The fourth-order valence-corrected chi connectivity index (χ4v) is 1.78. The normalized spacial score (nSPS) is 17.8. The molecule has 1 saturated carbocycles. The topological polar surface area (TPSA) is 43.1 Å². The van der Waals surface area contributed by atoms with Crippen molar-refractivity contribution >= 4 is 17.5 Å². The van der Waals surface area contributed by atoms with Crippen molar-refractivity contribution in [1.82, 2.24) is 0 Å². The van der Waals surface area contributed by atoms with Crippen molar-refractivity contribution in [3.8, 4) is 0 Å². The molecule has 1 fully saturated rings. The molecule has 0 atom stereocenters. The highest BCUT2D eigenvalue weighted by molar-refractivity contribution is 6.30. The summed E-state index contributed by atoms with van der Waals surface area (Å²) in [7, 11) is 0. The van der Waals surface area contributed by atoms with Gasteiger partial charge in [0.2, 0.25) is 5.91 Å². The van der Waals surface area contributed by atoms with Crippen LogP contribution in [0.3, 0.4) is 0 Å². The van der Waals surface area contributed by atoms with Crippen LogP contribution in [0.2, 0.25) is 5.02 Å². The van der Waals surface area contributed by atoms with Gasteiger partial charge in [0.1, 0.15) is 0 Å². The maximum absolute atomic E-state index is 11.2. The van der Waals surface area contributed by atoms with Crippen LogP contribution in [0.1, 0.15) is 18.4 Å². The van der Waals surface area contributed by atoms with E-state index in [9.17, 15) is 4.79 Å². The summed E-state index contributed by atoms with van der Waals surface area (Å²) in [5.41, 5.74) is 6.22. The molecule has 0 unspecified atom stereocenters. The van der Waals surface area contributed by atoms with Gasteiger partial charge >= 0.3 is 0 Å². The van der Waals surface area contributed by atoms with Crippen LogP contribution in [-0.2, 0) is 11.2 Å². The van der Waals surface area contributed by atoms with E-state index in [0.717, 1.165) is 29.8 Å². The zero-order valence-electron chi connectivity index (χ0n) is 7.79. The van der Waals surface area contributed by atoms with Gasteiger partial charge in [0.25, 0.3) is 0 Å². The Morgan fingerprint density at radius 1 is 1.36 bits per heavy atom. The van der Waals surface area contributed by atoms with Crippen LogP contribution in [-0.4, -0.2) is 5.91 Å². The van der Waals surface area contributed by atoms with E-state index in [4.69, 9.17) is 17.3 Å². The van der Waals surface area contributed by atoms with Gasteiger partial charge in [-0.1, -0.05) is 23.7 Å². The molecule has 0 spiro atoms. The van der Waals surface area contributed by atoms with Crippen LogP contribution in [0.25, 0.3) is 0 Å². The van der Waals surface area contributed by atoms with Crippen molar-refractivity contribution in [1.29, 1.82) is 0 Å². The van der Waals surface area contributed by atoms with E-state index in [0.29, 0.717) is 0 Å². The molecule has 0 aromatic heterocycles. The highest BCUT2D eigenvalue weighted by Gasteiger charge is 2.48. The molecule has 74 valence electrons. The lowest BCUT2D eigenvalue weighted by atomic mass is 9.96. The average molecular weight is 210 g/mol. The molecule has 0 radical (unpaired) electrons. The van der Waals surface area contributed by atoms with E-state index < -0.39 is 0 Å². The summed E-state index contributed by atoms with van der Waals surface area (Å²) in [6.07, 6.45) is 2.59. The van der Waals surface area contributed by atoms with E-state index in [1.54, 1.807) is 0 Å². The summed E-state index contributed by atoms with van der Waals surface area (Å²) >= 11 is 5.77. The Morgan fingerprint density at radius 2 is 1.93 bits per heavy atom.